The summed E-state index contributed by atoms with van der Waals surface area (Å²) in [5, 5.41) is 0. The van der Waals surface area contributed by atoms with Crippen molar-refractivity contribution in [2.45, 2.75) is 25.7 Å². The van der Waals surface area contributed by atoms with E-state index >= 15 is 0 Å². The Morgan fingerprint density at radius 2 is 1.47 bits per heavy atom. The van der Waals surface area contributed by atoms with Crippen LogP contribution in [0.15, 0.2) is 30.3 Å². The first-order valence-electron chi connectivity index (χ1n) is 5.84. The van der Waals surface area contributed by atoms with Gasteiger partial charge in [-0.25, -0.2) is 0 Å². The molecule has 1 rings (SSSR count). The molecule has 0 heterocycles. The first kappa shape index (κ1) is 16.0. The summed E-state index contributed by atoms with van der Waals surface area (Å²) in [5.41, 5.74) is 10.6. The van der Waals surface area contributed by atoms with Crippen LogP contribution in [0.3, 0.4) is 0 Å². The highest BCUT2D eigenvalue weighted by molar-refractivity contribution is 7.17. The van der Waals surface area contributed by atoms with Gasteiger partial charge in [-0.15, -0.1) is 0 Å². The van der Waals surface area contributed by atoms with E-state index < -0.39 is 8.69 Å². The Balaban J connectivity index is 0.000000304. The van der Waals surface area contributed by atoms with Crippen molar-refractivity contribution in [1.29, 1.82) is 0 Å². The second-order valence-electron chi connectivity index (χ2n) is 3.49. The molecule has 96 valence electrons. The highest BCUT2D eigenvalue weighted by Gasteiger charge is 1.92. The van der Waals surface area contributed by atoms with E-state index in [9.17, 15) is 4.57 Å². The second kappa shape index (κ2) is 13.1. The summed E-state index contributed by atoms with van der Waals surface area (Å²) in [6.07, 6.45) is 4.79. The molecule has 0 fully saturated rings. The minimum absolute atomic E-state index is 0.644. The Hall–Kier alpha value is -0.960. The average Bonchev–Trinajstić information content (AvgIpc) is 2.37. The number of hydrogen-bond acceptors (Lipinski definition) is 4. The first-order chi connectivity index (χ1) is 8.35. The van der Waals surface area contributed by atoms with E-state index in [2.05, 4.69) is 4.52 Å². The smallest absolute Gasteiger partial charge is 0.330 e. The highest BCUT2D eigenvalue weighted by atomic mass is 31.1. The van der Waals surface area contributed by atoms with Crippen LogP contribution < -0.4 is 16.0 Å². The maximum Gasteiger partial charge on any atom is 0.542 e. The van der Waals surface area contributed by atoms with E-state index in [4.69, 9.17) is 11.5 Å². The highest BCUT2D eigenvalue weighted by Crippen LogP contribution is 2.12. The van der Waals surface area contributed by atoms with Gasteiger partial charge in [0.25, 0.3) is 0 Å². The van der Waals surface area contributed by atoms with E-state index in [1.807, 2.05) is 18.2 Å². The largest absolute Gasteiger partial charge is 0.542 e. The Labute approximate surface area is 105 Å². The topological polar surface area (TPSA) is 78.3 Å². The molecule has 0 aliphatic carbocycles. The summed E-state index contributed by atoms with van der Waals surface area (Å²) in [4.78, 5) is 0. The van der Waals surface area contributed by atoms with E-state index in [1.54, 1.807) is 12.1 Å². The SMILES string of the molecule is NCCCCCCN.O=[PH+]Oc1ccccc1. The number of unbranched alkanes of at least 4 members (excludes halogenated alkanes) is 3. The second-order valence-corrected chi connectivity index (χ2v) is 3.86. The van der Waals surface area contributed by atoms with Gasteiger partial charge in [-0.1, -0.05) is 31.0 Å². The van der Waals surface area contributed by atoms with Crippen molar-refractivity contribution in [3.8, 4) is 5.75 Å². The van der Waals surface area contributed by atoms with Gasteiger partial charge in [0.1, 0.15) is 0 Å². The summed E-state index contributed by atoms with van der Waals surface area (Å²) in [6, 6.07) is 9.04. The molecule has 1 aromatic carbocycles. The van der Waals surface area contributed by atoms with Crippen molar-refractivity contribution in [3.63, 3.8) is 0 Å². The lowest BCUT2D eigenvalue weighted by molar-refractivity contribution is 0.525. The zero-order valence-electron chi connectivity index (χ0n) is 10.1. The fraction of sp³-hybridized carbons (Fsp3) is 0.500. The van der Waals surface area contributed by atoms with Crippen LogP contribution >= 0.6 is 8.69 Å². The lowest BCUT2D eigenvalue weighted by Gasteiger charge is -1.94. The van der Waals surface area contributed by atoms with Gasteiger partial charge in [0.05, 0.1) is 0 Å². The Bertz CT molecular complexity index is 264. The van der Waals surface area contributed by atoms with Crippen LogP contribution in [0.1, 0.15) is 25.7 Å². The molecule has 4 N–H and O–H groups in total. The van der Waals surface area contributed by atoms with Crippen LogP contribution in [0.25, 0.3) is 0 Å². The van der Waals surface area contributed by atoms with Gasteiger partial charge in [0.2, 0.25) is 0 Å². The quantitative estimate of drug-likeness (QED) is 0.581. The van der Waals surface area contributed by atoms with Crippen LogP contribution in [0.5, 0.6) is 5.75 Å². The summed E-state index contributed by atoms with van der Waals surface area (Å²) in [6.45, 7) is 1.65. The van der Waals surface area contributed by atoms with Crippen LogP contribution in [0, 0.1) is 0 Å². The van der Waals surface area contributed by atoms with Gasteiger partial charge in [-0.3, -0.25) is 4.52 Å². The third-order valence-electron chi connectivity index (χ3n) is 2.06. The molecule has 0 spiro atoms. The predicted octanol–water partition coefficient (Wildman–Crippen LogP) is 2.47. The van der Waals surface area contributed by atoms with Crippen LogP contribution in [0.2, 0.25) is 0 Å². The Kier molecular flexibility index (Phi) is 12.4. The van der Waals surface area contributed by atoms with Gasteiger partial charge in [-0.2, -0.15) is 0 Å². The number of hydrogen-bond donors (Lipinski definition) is 2. The minimum Gasteiger partial charge on any atom is -0.330 e. The van der Waals surface area contributed by atoms with Crippen molar-refractivity contribution >= 4 is 8.69 Å². The van der Waals surface area contributed by atoms with Crippen molar-refractivity contribution < 1.29 is 9.09 Å². The fourth-order valence-corrected chi connectivity index (χ4v) is 1.41. The van der Waals surface area contributed by atoms with Gasteiger partial charge < -0.3 is 11.5 Å². The molecule has 1 unspecified atom stereocenters. The summed E-state index contributed by atoms with van der Waals surface area (Å²) in [7, 11) is -0.715. The van der Waals surface area contributed by atoms with Crippen molar-refractivity contribution in [2.75, 3.05) is 13.1 Å². The van der Waals surface area contributed by atoms with E-state index in [1.165, 1.54) is 12.8 Å². The predicted molar refractivity (Wildman–Crippen MR) is 72.6 cm³/mol. The minimum atomic E-state index is -0.715. The van der Waals surface area contributed by atoms with Crippen molar-refractivity contribution in [2.24, 2.45) is 11.5 Å². The molecular formula is C12H22N2O2P+. The maximum atomic E-state index is 9.90. The van der Waals surface area contributed by atoms with Gasteiger partial charge in [0, 0.05) is 0 Å². The monoisotopic (exact) mass is 257 g/mol. The van der Waals surface area contributed by atoms with Crippen LogP contribution in [-0.4, -0.2) is 13.1 Å². The number of rotatable bonds is 7. The molecule has 1 atom stereocenters. The number of nitrogens with two attached hydrogens (primary N) is 2. The number of benzene rings is 1. The van der Waals surface area contributed by atoms with E-state index in [0.29, 0.717) is 5.75 Å². The van der Waals surface area contributed by atoms with Gasteiger partial charge >= 0.3 is 8.69 Å². The van der Waals surface area contributed by atoms with E-state index in [-0.39, 0.29) is 0 Å². The first-order valence-corrected chi connectivity index (χ1v) is 6.66. The van der Waals surface area contributed by atoms with E-state index in [0.717, 1.165) is 25.9 Å². The fourth-order valence-electron chi connectivity index (χ4n) is 1.18. The van der Waals surface area contributed by atoms with Gasteiger partial charge in [0.15, 0.2) is 5.75 Å². The Morgan fingerprint density at radius 3 is 1.88 bits per heavy atom. The normalized spacial score (nSPS) is 9.53. The third kappa shape index (κ3) is 11.3. The molecular weight excluding hydrogens is 235 g/mol. The summed E-state index contributed by atoms with van der Waals surface area (Å²) in [5.74, 6) is 0.644. The average molecular weight is 257 g/mol. The van der Waals surface area contributed by atoms with Gasteiger partial charge in [-0.05, 0) is 42.6 Å². The lowest BCUT2D eigenvalue weighted by atomic mass is 10.2. The zero-order valence-corrected chi connectivity index (χ0v) is 11.1. The Morgan fingerprint density at radius 1 is 0.941 bits per heavy atom. The summed E-state index contributed by atoms with van der Waals surface area (Å²) < 4.78 is 14.6. The molecule has 4 nitrogen and oxygen atoms in total. The molecule has 0 aliphatic rings. The molecule has 0 radical (unpaired) electrons. The van der Waals surface area contributed by atoms with Crippen LogP contribution in [-0.2, 0) is 4.57 Å². The molecule has 0 amide bonds. The molecule has 0 saturated heterocycles. The van der Waals surface area contributed by atoms with Crippen molar-refractivity contribution in [3.05, 3.63) is 30.3 Å². The molecule has 0 aromatic heterocycles. The summed E-state index contributed by atoms with van der Waals surface area (Å²) >= 11 is 0. The zero-order chi connectivity index (χ0) is 12.8. The molecule has 0 saturated carbocycles. The number of para-hydroxylation sites is 1. The maximum absolute atomic E-state index is 9.90. The molecule has 5 heteroatoms. The molecule has 1 aromatic rings. The standard InChI is InChI=1S/C6H16N2.C6H6O2P/c7-5-3-1-2-4-6-8;7-9-8-6-4-2-1-3-5-6/h1-8H2;1-5,9H/q;+1. The molecule has 0 bridgehead atoms. The van der Waals surface area contributed by atoms with Crippen molar-refractivity contribution in [1.82, 2.24) is 0 Å². The molecule has 17 heavy (non-hydrogen) atoms. The molecule has 0 aliphatic heterocycles. The van der Waals surface area contributed by atoms with Crippen LogP contribution in [0.4, 0.5) is 0 Å². The lowest BCUT2D eigenvalue weighted by Crippen LogP contribution is -2.00. The third-order valence-corrected chi connectivity index (χ3v) is 2.38.